The van der Waals surface area contributed by atoms with Gasteiger partial charge >= 0.3 is 0 Å². The minimum absolute atomic E-state index is 0.361. The molecule has 3 heterocycles. The third kappa shape index (κ3) is 3.29. The molecule has 1 fully saturated rings. The van der Waals surface area contributed by atoms with Gasteiger partial charge in [-0.05, 0) is 37.1 Å². The quantitative estimate of drug-likeness (QED) is 0.753. The molecule has 0 bridgehead atoms. The number of para-hydroxylation sites is 1. The zero-order valence-electron chi connectivity index (χ0n) is 15.4. The molecule has 0 aliphatic carbocycles. The molecule has 0 radical (unpaired) electrons. The van der Waals surface area contributed by atoms with Crippen molar-refractivity contribution in [3.63, 3.8) is 0 Å². The molecule has 140 valence electrons. The highest BCUT2D eigenvalue weighted by molar-refractivity contribution is 7.21. The van der Waals surface area contributed by atoms with Gasteiger partial charge in [-0.15, -0.1) is 11.3 Å². The Labute approximate surface area is 162 Å². The number of hydrogen-bond donors (Lipinski definition) is 1. The van der Waals surface area contributed by atoms with Crippen molar-refractivity contribution >= 4 is 21.6 Å². The van der Waals surface area contributed by atoms with Crippen LogP contribution in [0.2, 0.25) is 0 Å². The summed E-state index contributed by atoms with van der Waals surface area (Å²) in [5, 5.41) is 1.02. The highest BCUT2D eigenvalue weighted by Gasteiger charge is 2.29. The van der Waals surface area contributed by atoms with E-state index in [9.17, 15) is 0 Å². The van der Waals surface area contributed by atoms with Crippen molar-refractivity contribution in [1.29, 1.82) is 0 Å². The van der Waals surface area contributed by atoms with E-state index in [1.165, 1.54) is 21.6 Å². The molecule has 0 spiro atoms. The number of nitrogens with zero attached hydrogens (tertiary/aromatic N) is 1. The van der Waals surface area contributed by atoms with Gasteiger partial charge in [-0.1, -0.05) is 12.1 Å². The molecular formula is C21H23N2O3S+. The highest BCUT2D eigenvalue weighted by atomic mass is 32.1. The summed E-state index contributed by atoms with van der Waals surface area (Å²) in [7, 11) is 1.70. The van der Waals surface area contributed by atoms with E-state index in [0.29, 0.717) is 12.8 Å². The minimum Gasteiger partial charge on any atom is -0.493 e. The van der Waals surface area contributed by atoms with Crippen LogP contribution >= 0.6 is 11.3 Å². The van der Waals surface area contributed by atoms with Gasteiger partial charge in [-0.25, -0.2) is 4.98 Å². The van der Waals surface area contributed by atoms with Crippen LogP contribution in [0.5, 0.6) is 11.5 Å². The predicted octanol–water partition coefficient (Wildman–Crippen LogP) is 2.89. The average molecular weight is 383 g/mol. The molecule has 5 nitrogen and oxygen atoms in total. The average Bonchev–Trinajstić information content (AvgIpc) is 3.36. The summed E-state index contributed by atoms with van der Waals surface area (Å²) in [6.07, 6.45) is 2.69. The Hall–Kier alpha value is -2.15. The normalized spacial score (nSPS) is 21.8. The molecule has 6 heteroatoms. The van der Waals surface area contributed by atoms with Crippen LogP contribution in [0.1, 0.15) is 18.4 Å². The maximum absolute atomic E-state index is 6.08. The molecule has 27 heavy (non-hydrogen) atoms. The standard InChI is InChI=1S/C21H22N2O3S/c1-24-18-10-14(21-22-17-6-2-3-7-19(17)27-21)9-15-11-23(13-26-20(15)18)12-16-5-4-8-25-16/h2-3,6-7,9-10,16H,4-5,8,11-13H2,1H3/p+1/t16-/m0/s1. The van der Waals surface area contributed by atoms with Crippen molar-refractivity contribution in [3.8, 4) is 22.1 Å². The number of methoxy groups -OCH3 is 1. The van der Waals surface area contributed by atoms with Gasteiger partial charge in [-0.2, -0.15) is 0 Å². The number of nitrogens with one attached hydrogen (secondary N) is 1. The largest absolute Gasteiger partial charge is 0.493 e. The molecule has 1 unspecified atom stereocenters. The molecule has 5 rings (SSSR count). The molecular weight excluding hydrogens is 360 g/mol. The van der Waals surface area contributed by atoms with E-state index in [4.69, 9.17) is 19.2 Å². The molecule has 1 aromatic heterocycles. The summed E-state index contributed by atoms with van der Waals surface area (Å²) >= 11 is 1.71. The molecule has 2 aliphatic rings. The van der Waals surface area contributed by atoms with Crippen molar-refractivity contribution in [2.75, 3.05) is 27.0 Å². The van der Waals surface area contributed by atoms with Gasteiger partial charge in [0.2, 0.25) is 6.73 Å². The zero-order valence-corrected chi connectivity index (χ0v) is 16.2. The molecule has 2 atom stereocenters. The fraction of sp³-hybridized carbons (Fsp3) is 0.381. The molecule has 0 saturated carbocycles. The van der Waals surface area contributed by atoms with Crippen LogP contribution in [0.3, 0.4) is 0 Å². The van der Waals surface area contributed by atoms with Gasteiger partial charge in [-0.3, -0.25) is 4.90 Å². The number of aromatic nitrogens is 1. The number of quaternary nitrogens is 1. The highest BCUT2D eigenvalue weighted by Crippen LogP contribution is 2.39. The first-order chi connectivity index (χ1) is 13.3. The van der Waals surface area contributed by atoms with Crippen LogP contribution in [-0.4, -0.2) is 38.1 Å². The van der Waals surface area contributed by atoms with E-state index in [1.807, 2.05) is 12.1 Å². The second-order valence-electron chi connectivity index (χ2n) is 7.21. The first-order valence-electron chi connectivity index (χ1n) is 9.45. The van der Waals surface area contributed by atoms with Gasteiger partial charge in [0.25, 0.3) is 0 Å². The Kier molecular flexibility index (Phi) is 4.47. The zero-order chi connectivity index (χ0) is 18.2. The third-order valence-electron chi connectivity index (χ3n) is 5.29. The summed E-state index contributed by atoms with van der Waals surface area (Å²) < 4.78 is 18.7. The first kappa shape index (κ1) is 17.0. The lowest BCUT2D eigenvalue weighted by molar-refractivity contribution is -0.935. The predicted molar refractivity (Wildman–Crippen MR) is 106 cm³/mol. The van der Waals surface area contributed by atoms with Gasteiger partial charge in [0, 0.05) is 12.2 Å². The molecule has 1 saturated heterocycles. The SMILES string of the molecule is COc1cc(-c2nc3ccccc3s2)cc2c1OC[NH+](C[C@@H]1CCCO1)C2. The number of thiazole rings is 1. The lowest BCUT2D eigenvalue weighted by Gasteiger charge is -2.29. The fourth-order valence-corrected chi connectivity index (χ4v) is 4.93. The Morgan fingerprint density at radius 3 is 3.04 bits per heavy atom. The monoisotopic (exact) mass is 383 g/mol. The molecule has 3 aromatic rings. The summed E-state index contributed by atoms with van der Waals surface area (Å²) in [6, 6.07) is 12.5. The van der Waals surface area contributed by atoms with E-state index >= 15 is 0 Å². The van der Waals surface area contributed by atoms with Crippen LogP contribution in [-0.2, 0) is 11.3 Å². The summed E-state index contributed by atoms with van der Waals surface area (Å²) in [6.45, 7) is 3.46. The van der Waals surface area contributed by atoms with Crippen molar-refractivity contribution in [2.45, 2.75) is 25.5 Å². The van der Waals surface area contributed by atoms with Crippen molar-refractivity contribution in [2.24, 2.45) is 0 Å². The molecule has 1 N–H and O–H groups in total. The van der Waals surface area contributed by atoms with Gasteiger partial charge in [0.1, 0.15) is 24.2 Å². The topological polar surface area (TPSA) is 45.0 Å². The molecule has 0 amide bonds. The van der Waals surface area contributed by atoms with Gasteiger partial charge in [0.15, 0.2) is 11.5 Å². The lowest BCUT2D eigenvalue weighted by atomic mass is 10.1. The summed E-state index contributed by atoms with van der Waals surface area (Å²) in [5.74, 6) is 1.66. The molecule has 2 aromatic carbocycles. The van der Waals surface area contributed by atoms with Crippen LogP contribution in [0, 0.1) is 0 Å². The lowest BCUT2D eigenvalue weighted by Crippen LogP contribution is -3.13. The second kappa shape index (κ2) is 7.11. The number of benzene rings is 2. The number of ether oxygens (including phenoxy) is 3. The Balaban J connectivity index is 1.47. The van der Waals surface area contributed by atoms with Crippen LogP contribution in [0.15, 0.2) is 36.4 Å². The van der Waals surface area contributed by atoms with Crippen LogP contribution in [0.4, 0.5) is 0 Å². The number of fused-ring (bicyclic) bond motifs is 2. The van der Waals surface area contributed by atoms with E-state index in [2.05, 4.69) is 24.3 Å². The van der Waals surface area contributed by atoms with E-state index in [1.54, 1.807) is 18.4 Å². The first-order valence-corrected chi connectivity index (χ1v) is 10.3. The van der Waals surface area contributed by atoms with E-state index in [0.717, 1.165) is 53.7 Å². The van der Waals surface area contributed by atoms with E-state index < -0.39 is 0 Å². The Bertz CT molecular complexity index is 932. The van der Waals surface area contributed by atoms with E-state index in [-0.39, 0.29) is 0 Å². The number of hydrogen-bond acceptors (Lipinski definition) is 5. The fourth-order valence-electron chi connectivity index (χ4n) is 3.98. The maximum Gasteiger partial charge on any atom is 0.223 e. The second-order valence-corrected chi connectivity index (χ2v) is 8.24. The smallest absolute Gasteiger partial charge is 0.223 e. The Morgan fingerprint density at radius 2 is 2.22 bits per heavy atom. The summed E-state index contributed by atoms with van der Waals surface area (Å²) in [4.78, 5) is 6.21. The summed E-state index contributed by atoms with van der Waals surface area (Å²) in [5.41, 5.74) is 3.31. The maximum atomic E-state index is 6.08. The number of rotatable bonds is 4. The molecule has 2 aliphatic heterocycles. The van der Waals surface area contributed by atoms with Crippen molar-refractivity contribution < 1.29 is 19.1 Å². The van der Waals surface area contributed by atoms with Gasteiger partial charge in [0.05, 0.1) is 22.9 Å². The van der Waals surface area contributed by atoms with Crippen molar-refractivity contribution in [3.05, 3.63) is 42.0 Å². The van der Waals surface area contributed by atoms with Crippen molar-refractivity contribution in [1.82, 2.24) is 4.98 Å². The van der Waals surface area contributed by atoms with Crippen LogP contribution in [0.25, 0.3) is 20.8 Å². The third-order valence-corrected chi connectivity index (χ3v) is 6.38. The Morgan fingerprint density at radius 1 is 1.30 bits per heavy atom. The van der Waals surface area contributed by atoms with Gasteiger partial charge < -0.3 is 14.2 Å². The van der Waals surface area contributed by atoms with Crippen LogP contribution < -0.4 is 14.4 Å². The minimum atomic E-state index is 0.361.